The molecule has 0 aliphatic carbocycles. The summed E-state index contributed by atoms with van der Waals surface area (Å²) in [7, 11) is 2.04. The summed E-state index contributed by atoms with van der Waals surface area (Å²) in [6.45, 7) is 3.74. The minimum absolute atomic E-state index is 0.256. The Morgan fingerprint density at radius 1 is 1.64 bits per heavy atom. The van der Waals surface area contributed by atoms with E-state index in [1.807, 2.05) is 7.05 Å². The molecule has 0 aromatic carbocycles. The smallest absolute Gasteiger partial charge is 0.303 e. The molecular weight excluding hydrogens is 182 g/mol. The van der Waals surface area contributed by atoms with Crippen molar-refractivity contribution in [1.82, 2.24) is 4.90 Å². The number of rotatable bonds is 5. The van der Waals surface area contributed by atoms with Crippen molar-refractivity contribution in [2.75, 3.05) is 20.2 Å². The van der Waals surface area contributed by atoms with Gasteiger partial charge in [-0.05, 0) is 33.4 Å². The van der Waals surface area contributed by atoms with Gasteiger partial charge < -0.3 is 14.7 Å². The topological polar surface area (TPSA) is 49.8 Å². The highest BCUT2D eigenvalue weighted by Gasteiger charge is 2.27. The molecule has 0 saturated carbocycles. The van der Waals surface area contributed by atoms with E-state index in [-0.39, 0.29) is 12.5 Å². The van der Waals surface area contributed by atoms with Crippen LogP contribution in [0.5, 0.6) is 0 Å². The predicted molar refractivity (Wildman–Crippen MR) is 53.3 cm³/mol. The molecule has 1 N–H and O–H groups in total. The maximum Gasteiger partial charge on any atom is 0.303 e. The van der Waals surface area contributed by atoms with Gasteiger partial charge in [-0.15, -0.1) is 0 Å². The molecule has 1 heterocycles. The van der Waals surface area contributed by atoms with Gasteiger partial charge in [0.1, 0.15) is 0 Å². The summed E-state index contributed by atoms with van der Waals surface area (Å²) in [5.41, 5.74) is 0. The zero-order valence-corrected chi connectivity index (χ0v) is 8.90. The van der Waals surface area contributed by atoms with Gasteiger partial charge in [0.15, 0.2) is 0 Å². The van der Waals surface area contributed by atoms with Crippen molar-refractivity contribution in [3.8, 4) is 0 Å². The van der Waals surface area contributed by atoms with Crippen LogP contribution in [0.25, 0.3) is 0 Å². The number of carbonyl (C=O) groups is 1. The lowest BCUT2D eigenvalue weighted by Crippen LogP contribution is -2.37. The van der Waals surface area contributed by atoms with Crippen molar-refractivity contribution < 1.29 is 14.6 Å². The van der Waals surface area contributed by atoms with E-state index in [0.717, 1.165) is 26.0 Å². The van der Waals surface area contributed by atoms with Crippen LogP contribution in [-0.4, -0.2) is 48.3 Å². The highest BCUT2D eigenvalue weighted by Crippen LogP contribution is 2.18. The van der Waals surface area contributed by atoms with E-state index >= 15 is 0 Å². The van der Waals surface area contributed by atoms with E-state index in [9.17, 15) is 4.79 Å². The third-order valence-corrected chi connectivity index (χ3v) is 2.80. The number of hydrogen-bond donors (Lipinski definition) is 1. The maximum atomic E-state index is 10.3. The van der Waals surface area contributed by atoms with E-state index in [0.29, 0.717) is 6.04 Å². The molecule has 4 heteroatoms. The summed E-state index contributed by atoms with van der Waals surface area (Å²) in [5, 5.41) is 8.50. The first kappa shape index (κ1) is 11.5. The van der Waals surface area contributed by atoms with Gasteiger partial charge in [0, 0.05) is 19.1 Å². The molecule has 2 atom stereocenters. The van der Waals surface area contributed by atoms with E-state index in [1.165, 1.54) is 0 Å². The van der Waals surface area contributed by atoms with Crippen molar-refractivity contribution in [3.05, 3.63) is 0 Å². The molecule has 1 fully saturated rings. The number of carboxylic acids is 1. The summed E-state index contributed by atoms with van der Waals surface area (Å²) < 4.78 is 5.46. The number of hydrogen-bond acceptors (Lipinski definition) is 3. The molecule has 0 radical (unpaired) electrons. The Bertz CT molecular complexity index is 196. The van der Waals surface area contributed by atoms with Crippen LogP contribution < -0.4 is 0 Å². The molecule has 0 aromatic rings. The zero-order valence-electron chi connectivity index (χ0n) is 8.90. The molecule has 2 unspecified atom stereocenters. The van der Waals surface area contributed by atoms with E-state index in [1.54, 1.807) is 0 Å². The van der Waals surface area contributed by atoms with Crippen molar-refractivity contribution >= 4 is 5.97 Å². The minimum atomic E-state index is -0.714. The maximum absolute atomic E-state index is 10.3. The lowest BCUT2D eigenvalue weighted by Gasteiger charge is -2.26. The standard InChI is InChI=1S/C10H19NO3/c1-8-9(5-7-14-8)11(2)6-3-4-10(12)13/h8-9H,3-7H2,1-2H3,(H,12,13). The fraction of sp³-hybridized carbons (Fsp3) is 0.900. The molecule has 1 rings (SSSR count). The molecule has 1 saturated heterocycles. The molecule has 1 aliphatic rings. The van der Waals surface area contributed by atoms with Gasteiger partial charge in [0.2, 0.25) is 0 Å². The Hall–Kier alpha value is -0.610. The second-order valence-electron chi connectivity index (χ2n) is 3.91. The van der Waals surface area contributed by atoms with Crippen molar-refractivity contribution in [2.24, 2.45) is 0 Å². The molecule has 82 valence electrons. The lowest BCUT2D eigenvalue weighted by molar-refractivity contribution is -0.137. The van der Waals surface area contributed by atoms with Crippen molar-refractivity contribution in [2.45, 2.75) is 38.3 Å². The Labute approximate surface area is 84.8 Å². The van der Waals surface area contributed by atoms with Gasteiger partial charge >= 0.3 is 5.97 Å². The van der Waals surface area contributed by atoms with Gasteiger partial charge in [-0.1, -0.05) is 0 Å². The predicted octanol–water partition coefficient (Wildman–Crippen LogP) is 0.960. The summed E-state index contributed by atoms with van der Waals surface area (Å²) >= 11 is 0. The average molecular weight is 201 g/mol. The van der Waals surface area contributed by atoms with Crippen LogP contribution in [0.1, 0.15) is 26.2 Å². The molecule has 4 nitrogen and oxygen atoms in total. The first-order chi connectivity index (χ1) is 6.61. The number of ether oxygens (including phenoxy) is 1. The van der Waals surface area contributed by atoms with Crippen LogP contribution >= 0.6 is 0 Å². The second kappa shape index (κ2) is 5.32. The summed E-state index contributed by atoms with van der Waals surface area (Å²) in [6.07, 6.45) is 2.32. The van der Waals surface area contributed by atoms with Crippen molar-refractivity contribution in [3.63, 3.8) is 0 Å². The first-order valence-corrected chi connectivity index (χ1v) is 5.15. The van der Waals surface area contributed by atoms with Gasteiger partial charge in [0.25, 0.3) is 0 Å². The number of nitrogens with zero attached hydrogens (tertiary/aromatic N) is 1. The van der Waals surface area contributed by atoms with Crippen LogP contribution in [0.4, 0.5) is 0 Å². The summed E-state index contributed by atoms with van der Waals surface area (Å²) in [4.78, 5) is 12.5. The largest absolute Gasteiger partial charge is 0.481 e. The minimum Gasteiger partial charge on any atom is -0.481 e. The third kappa shape index (κ3) is 3.27. The van der Waals surface area contributed by atoms with E-state index in [2.05, 4.69) is 11.8 Å². The lowest BCUT2D eigenvalue weighted by atomic mass is 10.1. The number of likely N-dealkylation sites (N-methyl/N-ethyl adjacent to an activating group) is 1. The van der Waals surface area contributed by atoms with Gasteiger partial charge in [-0.3, -0.25) is 4.79 Å². The van der Waals surface area contributed by atoms with E-state index < -0.39 is 5.97 Å². The normalized spacial score (nSPS) is 27.1. The quantitative estimate of drug-likeness (QED) is 0.719. The molecule has 0 spiro atoms. The Morgan fingerprint density at radius 2 is 2.36 bits per heavy atom. The first-order valence-electron chi connectivity index (χ1n) is 5.15. The fourth-order valence-corrected chi connectivity index (χ4v) is 1.94. The van der Waals surface area contributed by atoms with E-state index in [4.69, 9.17) is 9.84 Å². The average Bonchev–Trinajstić information content (AvgIpc) is 2.50. The highest BCUT2D eigenvalue weighted by atomic mass is 16.5. The monoisotopic (exact) mass is 201 g/mol. The Balaban J connectivity index is 2.20. The molecule has 0 bridgehead atoms. The zero-order chi connectivity index (χ0) is 10.6. The van der Waals surface area contributed by atoms with Gasteiger partial charge in [0.05, 0.1) is 6.10 Å². The summed E-state index contributed by atoms with van der Waals surface area (Å²) in [5.74, 6) is -0.714. The molecule has 14 heavy (non-hydrogen) atoms. The van der Waals surface area contributed by atoms with Crippen LogP contribution in [0.15, 0.2) is 0 Å². The Kier molecular flexibility index (Phi) is 4.35. The third-order valence-electron chi connectivity index (χ3n) is 2.80. The Morgan fingerprint density at radius 3 is 2.86 bits per heavy atom. The van der Waals surface area contributed by atoms with Gasteiger partial charge in [-0.25, -0.2) is 0 Å². The second-order valence-corrected chi connectivity index (χ2v) is 3.91. The van der Waals surface area contributed by atoms with Crippen LogP contribution in [0.2, 0.25) is 0 Å². The van der Waals surface area contributed by atoms with Gasteiger partial charge in [-0.2, -0.15) is 0 Å². The fourth-order valence-electron chi connectivity index (χ4n) is 1.94. The number of aliphatic carboxylic acids is 1. The highest BCUT2D eigenvalue weighted by molar-refractivity contribution is 5.66. The van der Waals surface area contributed by atoms with Crippen LogP contribution in [-0.2, 0) is 9.53 Å². The van der Waals surface area contributed by atoms with Crippen LogP contribution in [0, 0.1) is 0 Å². The SMILES string of the molecule is CC1OCCC1N(C)CCCC(=O)O. The number of carboxylic acid groups (broad SMARTS) is 1. The summed E-state index contributed by atoms with van der Waals surface area (Å²) in [6, 6.07) is 0.462. The van der Waals surface area contributed by atoms with Crippen LogP contribution in [0.3, 0.4) is 0 Å². The molecule has 0 amide bonds. The molecule has 0 aromatic heterocycles. The molecular formula is C10H19NO3. The molecule has 1 aliphatic heterocycles. The van der Waals surface area contributed by atoms with Crippen molar-refractivity contribution in [1.29, 1.82) is 0 Å².